The summed E-state index contributed by atoms with van der Waals surface area (Å²) in [5.74, 6) is 0.0633. The topological polar surface area (TPSA) is 79.9 Å². The van der Waals surface area contributed by atoms with E-state index in [0.29, 0.717) is 16.7 Å². The van der Waals surface area contributed by atoms with Gasteiger partial charge < -0.3 is 19.4 Å². The molecule has 3 rings (SSSR count). The average molecular weight is 326 g/mol. The summed E-state index contributed by atoms with van der Waals surface area (Å²) >= 11 is 0. The van der Waals surface area contributed by atoms with Gasteiger partial charge in [-0.15, -0.1) is 6.58 Å². The summed E-state index contributed by atoms with van der Waals surface area (Å²) in [6.45, 7) is 7.29. The Morgan fingerprint density at radius 2 is 1.92 bits per heavy atom. The molecular formula is C19H18O5. The maximum atomic E-state index is 12.9. The van der Waals surface area contributed by atoms with Crippen LogP contribution in [0, 0.1) is 0 Å². The fourth-order valence-corrected chi connectivity index (χ4v) is 2.82. The quantitative estimate of drug-likeness (QED) is 0.565. The lowest BCUT2D eigenvalue weighted by atomic mass is 9.82. The molecule has 5 heteroatoms. The highest BCUT2D eigenvalue weighted by Gasteiger charge is 2.28. The predicted molar refractivity (Wildman–Crippen MR) is 93.1 cm³/mol. The van der Waals surface area contributed by atoms with Crippen molar-refractivity contribution in [2.45, 2.75) is 19.3 Å². The van der Waals surface area contributed by atoms with Crippen molar-refractivity contribution in [2.24, 2.45) is 0 Å². The molecule has 0 aliphatic carbocycles. The maximum absolute atomic E-state index is 12.9. The Labute approximate surface area is 138 Å². The monoisotopic (exact) mass is 326 g/mol. The van der Waals surface area contributed by atoms with Crippen molar-refractivity contribution >= 4 is 21.9 Å². The number of hydrogen-bond acceptors (Lipinski definition) is 5. The van der Waals surface area contributed by atoms with Gasteiger partial charge in [0.15, 0.2) is 0 Å². The molecule has 0 spiro atoms. The molecule has 1 aromatic heterocycles. The van der Waals surface area contributed by atoms with Gasteiger partial charge in [-0.1, -0.05) is 19.9 Å². The highest BCUT2D eigenvalue weighted by molar-refractivity contribution is 5.95. The van der Waals surface area contributed by atoms with Crippen LogP contribution in [0.15, 0.2) is 46.1 Å². The molecule has 0 radical (unpaired) electrons. The van der Waals surface area contributed by atoms with Crippen molar-refractivity contribution in [3.8, 4) is 17.2 Å². The van der Waals surface area contributed by atoms with E-state index in [1.807, 2.05) is 0 Å². The van der Waals surface area contributed by atoms with Crippen LogP contribution in [0.4, 0.5) is 0 Å². The second kappa shape index (κ2) is 5.30. The van der Waals surface area contributed by atoms with Crippen molar-refractivity contribution in [3.63, 3.8) is 0 Å². The molecule has 0 amide bonds. The molecule has 0 bridgehead atoms. The number of rotatable bonds is 3. The second-order valence-electron chi connectivity index (χ2n) is 6.21. The van der Waals surface area contributed by atoms with Crippen LogP contribution in [0.2, 0.25) is 0 Å². The fourth-order valence-electron chi connectivity index (χ4n) is 2.82. The first-order chi connectivity index (χ1) is 11.3. The molecule has 2 N–H and O–H groups in total. The largest absolute Gasteiger partial charge is 0.507 e. The van der Waals surface area contributed by atoms with Gasteiger partial charge in [0, 0.05) is 17.0 Å². The zero-order chi connectivity index (χ0) is 17.6. The number of hydrogen-bond donors (Lipinski definition) is 2. The summed E-state index contributed by atoms with van der Waals surface area (Å²) in [5.41, 5.74) is -0.402. The Morgan fingerprint density at radius 1 is 1.21 bits per heavy atom. The normalized spacial score (nSPS) is 11.8. The molecule has 0 fully saturated rings. The van der Waals surface area contributed by atoms with E-state index in [-0.39, 0.29) is 33.5 Å². The maximum Gasteiger partial charge on any atom is 0.204 e. The number of aromatic hydroxyl groups is 2. The summed E-state index contributed by atoms with van der Waals surface area (Å²) in [5, 5.41) is 21.3. The van der Waals surface area contributed by atoms with Crippen molar-refractivity contribution in [1.82, 2.24) is 0 Å². The van der Waals surface area contributed by atoms with E-state index in [2.05, 4.69) is 6.58 Å². The smallest absolute Gasteiger partial charge is 0.204 e. The number of phenols is 2. The van der Waals surface area contributed by atoms with Crippen LogP contribution >= 0.6 is 0 Å². The highest BCUT2D eigenvalue weighted by atomic mass is 16.5. The van der Waals surface area contributed by atoms with Crippen LogP contribution in [-0.4, -0.2) is 17.3 Å². The highest BCUT2D eigenvalue weighted by Crippen LogP contribution is 2.43. The molecule has 24 heavy (non-hydrogen) atoms. The first-order valence-electron chi connectivity index (χ1n) is 7.43. The third-order valence-corrected chi connectivity index (χ3v) is 4.28. The van der Waals surface area contributed by atoms with Crippen LogP contribution < -0.4 is 10.2 Å². The van der Waals surface area contributed by atoms with E-state index in [4.69, 9.17) is 9.15 Å². The SMILES string of the molecule is C=CC(C)(C)c1c(O)cc2oc3ccc(OC)cc3c(=O)c2c1O. The van der Waals surface area contributed by atoms with Gasteiger partial charge in [0.1, 0.15) is 33.8 Å². The minimum atomic E-state index is -0.724. The predicted octanol–water partition coefficient (Wildman–Crippen LogP) is 3.83. The van der Waals surface area contributed by atoms with Gasteiger partial charge in [0.2, 0.25) is 5.43 Å². The first kappa shape index (κ1) is 15.9. The molecule has 124 valence electrons. The average Bonchev–Trinajstić information content (AvgIpc) is 2.54. The van der Waals surface area contributed by atoms with Crippen LogP contribution in [-0.2, 0) is 5.41 Å². The van der Waals surface area contributed by atoms with Gasteiger partial charge in [0.05, 0.1) is 12.5 Å². The third kappa shape index (κ3) is 2.21. The van der Waals surface area contributed by atoms with Gasteiger partial charge in [-0.25, -0.2) is 0 Å². The Balaban J connectivity index is 2.50. The van der Waals surface area contributed by atoms with Crippen molar-refractivity contribution in [2.75, 3.05) is 7.11 Å². The molecule has 0 saturated heterocycles. The number of fused-ring (bicyclic) bond motifs is 2. The Bertz CT molecular complexity index is 1030. The van der Waals surface area contributed by atoms with Crippen molar-refractivity contribution in [3.05, 3.63) is 52.7 Å². The summed E-state index contributed by atoms with van der Waals surface area (Å²) in [7, 11) is 1.50. The van der Waals surface area contributed by atoms with E-state index in [1.165, 1.54) is 13.2 Å². The van der Waals surface area contributed by atoms with E-state index < -0.39 is 5.41 Å². The minimum Gasteiger partial charge on any atom is -0.507 e. The summed E-state index contributed by atoms with van der Waals surface area (Å²) in [6, 6.07) is 6.20. The van der Waals surface area contributed by atoms with Crippen LogP contribution in [0.3, 0.4) is 0 Å². The van der Waals surface area contributed by atoms with Crippen molar-refractivity contribution in [1.29, 1.82) is 0 Å². The molecule has 2 aromatic carbocycles. The van der Waals surface area contributed by atoms with Crippen LogP contribution in [0.5, 0.6) is 17.2 Å². The van der Waals surface area contributed by atoms with E-state index >= 15 is 0 Å². The Kier molecular flexibility index (Phi) is 3.52. The Hall–Kier alpha value is -2.95. The van der Waals surface area contributed by atoms with Gasteiger partial charge >= 0.3 is 0 Å². The van der Waals surface area contributed by atoms with Gasteiger partial charge in [0.25, 0.3) is 0 Å². The molecular weight excluding hydrogens is 308 g/mol. The molecule has 0 unspecified atom stereocenters. The summed E-state index contributed by atoms with van der Waals surface area (Å²) in [4.78, 5) is 12.9. The molecule has 0 atom stereocenters. The molecule has 1 heterocycles. The number of phenolic OH excluding ortho intramolecular Hbond substituents is 2. The van der Waals surface area contributed by atoms with Crippen molar-refractivity contribution < 1.29 is 19.4 Å². The van der Waals surface area contributed by atoms with Crippen LogP contribution in [0.1, 0.15) is 19.4 Å². The third-order valence-electron chi connectivity index (χ3n) is 4.28. The molecule has 0 aliphatic rings. The summed E-state index contributed by atoms with van der Waals surface area (Å²) in [6.07, 6.45) is 1.60. The molecule has 3 aromatic rings. The number of ether oxygens (including phenoxy) is 1. The zero-order valence-corrected chi connectivity index (χ0v) is 13.7. The second-order valence-corrected chi connectivity index (χ2v) is 6.21. The van der Waals surface area contributed by atoms with Gasteiger partial charge in [-0.3, -0.25) is 4.79 Å². The lowest BCUT2D eigenvalue weighted by Gasteiger charge is -2.23. The lowest BCUT2D eigenvalue weighted by Crippen LogP contribution is -2.15. The zero-order valence-electron chi connectivity index (χ0n) is 13.7. The number of methoxy groups -OCH3 is 1. The van der Waals surface area contributed by atoms with Gasteiger partial charge in [-0.2, -0.15) is 0 Å². The summed E-state index contributed by atoms with van der Waals surface area (Å²) < 4.78 is 10.8. The molecule has 5 nitrogen and oxygen atoms in total. The van der Waals surface area contributed by atoms with E-state index in [9.17, 15) is 15.0 Å². The molecule has 0 aliphatic heterocycles. The van der Waals surface area contributed by atoms with Crippen LogP contribution in [0.25, 0.3) is 21.9 Å². The Morgan fingerprint density at radius 3 is 2.54 bits per heavy atom. The standard InChI is InChI=1S/C19H18O5/c1-5-19(2,3)16-12(20)9-14-15(18(16)22)17(21)11-8-10(23-4)6-7-13(11)24-14/h5-9,20,22H,1H2,2-4H3. The van der Waals surface area contributed by atoms with E-state index in [0.717, 1.165) is 0 Å². The number of allylic oxidation sites excluding steroid dienone is 1. The minimum absolute atomic E-state index is 0.0264. The fraction of sp³-hybridized carbons (Fsp3) is 0.211. The molecule has 0 saturated carbocycles. The number of benzene rings is 2. The van der Waals surface area contributed by atoms with Gasteiger partial charge in [-0.05, 0) is 18.2 Å². The first-order valence-corrected chi connectivity index (χ1v) is 7.43. The lowest BCUT2D eigenvalue weighted by molar-refractivity contribution is 0.415. The van der Waals surface area contributed by atoms with E-state index in [1.54, 1.807) is 38.1 Å².